The summed E-state index contributed by atoms with van der Waals surface area (Å²) in [4.78, 5) is 18.8. The summed E-state index contributed by atoms with van der Waals surface area (Å²) in [6.07, 6.45) is 5.06. The summed E-state index contributed by atoms with van der Waals surface area (Å²) in [5.41, 5.74) is 3.34. The average Bonchev–Trinajstić information content (AvgIpc) is 3.20. The van der Waals surface area contributed by atoms with E-state index in [9.17, 15) is 4.79 Å². The van der Waals surface area contributed by atoms with Crippen molar-refractivity contribution in [2.24, 2.45) is 7.05 Å². The van der Waals surface area contributed by atoms with E-state index in [0.29, 0.717) is 0 Å². The predicted molar refractivity (Wildman–Crippen MR) is 81.1 cm³/mol. The summed E-state index contributed by atoms with van der Waals surface area (Å²) >= 11 is 0. The van der Waals surface area contributed by atoms with Crippen molar-refractivity contribution in [2.45, 2.75) is 45.7 Å². The van der Waals surface area contributed by atoms with Crippen molar-refractivity contribution in [3.05, 3.63) is 29.6 Å². The van der Waals surface area contributed by atoms with Crippen molar-refractivity contribution in [3.8, 4) is 0 Å². The Bertz CT molecular complexity index is 675. The molecule has 1 fully saturated rings. The maximum atomic E-state index is 12.9. The third-order valence-electron chi connectivity index (χ3n) is 4.62. The lowest BCUT2D eigenvalue weighted by molar-refractivity contribution is -0.135. The van der Waals surface area contributed by atoms with Gasteiger partial charge in [-0.25, -0.2) is 9.67 Å². The molecule has 7 heteroatoms. The van der Waals surface area contributed by atoms with E-state index in [1.54, 1.807) is 11.0 Å². The van der Waals surface area contributed by atoms with E-state index in [0.717, 1.165) is 30.8 Å². The first kappa shape index (κ1) is 14.7. The highest BCUT2D eigenvalue weighted by atomic mass is 16.2. The van der Waals surface area contributed by atoms with Gasteiger partial charge in [-0.2, -0.15) is 10.2 Å². The van der Waals surface area contributed by atoms with Gasteiger partial charge in [0, 0.05) is 24.8 Å². The molecular formula is C15H22N6O. The van der Waals surface area contributed by atoms with Gasteiger partial charge in [-0.15, -0.1) is 0 Å². The number of carbonyl (C=O) groups excluding carboxylic acids is 1. The molecular weight excluding hydrogens is 280 g/mol. The van der Waals surface area contributed by atoms with Crippen LogP contribution in [0.2, 0.25) is 0 Å². The second-order valence-electron chi connectivity index (χ2n) is 5.95. The fourth-order valence-electron chi connectivity index (χ4n) is 3.37. The molecule has 3 rings (SSSR count). The quantitative estimate of drug-likeness (QED) is 0.862. The SMILES string of the molecule is Cc1nn(C)c(C)c1[C@H]1CCCN1C(=O)[C@H](C)n1cncn1. The highest BCUT2D eigenvalue weighted by Gasteiger charge is 2.35. The molecule has 2 aromatic heterocycles. The molecule has 22 heavy (non-hydrogen) atoms. The molecule has 0 spiro atoms. The van der Waals surface area contributed by atoms with Crippen LogP contribution in [0.25, 0.3) is 0 Å². The van der Waals surface area contributed by atoms with Gasteiger partial charge >= 0.3 is 0 Å². The van der Waals surface area contributed by atoms with E-state index in [1.807, 2.05) is 30.5 Å². The number of nitrogens with zero attached hydrogens (tertiary/aromatic N) is 6. The van der Waals surface area contributed by atoms with Gasteiger partial charge in [-0.3, -0.25) is 9.48 Å². The highest BCUT2D eigenvalue weighted by Crippen LogP contribution is 2.36. The third-order valence-corrected chi connectivity index (χ3v) is 4.62. The molecule has 0 aromatic carbocycles. The Balaban J connectivity index is 1.88. The number of hydrogen-bond donors (Lipinski definition) is 0. The first-order valence-corrected chi connectivity index (χ1v) is 7.65. The summed E-state index contributed by atoms with van der Waals surface area (Å²) in [5, 5.41) is 8.58. The minimum absolute atomic E-state index is 0.0932. The Morgan fingerprint density at radius 1 is 1.41 bits per heavy atom. The summed E-state index contributed by atoms with van der Waals surface area (Å²) in [6, 6.07) is -0.215. The molecule has 0 saturated carbocycles. The first-order valence-electron chi connectivity index (χ1n) is 7.65. The zero-order valence-corrected chi connectivity index (χ0v) is 13.5. The molecule has 2 aromatic rings. The number of likely N-dealkylation sites (tertiary alicyclic amines) is 1. The van der Waals surface area contributed by atoms with Crippen LogP contribution < -0.4 is 0 Å². The molecule has 0 aliphatic carbocycles. The van der Waals surface area contributed by atoms with Gasteiger partial charge < -0.3 is 4.90 Å². The minimum Gasteiger partial charge on any atom is -0.334 e. The molecule has 0 radical (unpaired) electrons. The molecule has 7 nitrogen and oxygen atoms in total. The van der Waals surface area contributed by atoms with E-state index < -0.39 is 0 Å². The second-order valence-corrected chi connectivity index (χ2v) is 5.95. The van der Waals surface area contributed by atoms with Gasteiger partial charge in [-0.1, -0.05) is 0 Å². The van der Waals surface area contributed by atoms with Crippen molar-refractivity contribution < 1.29 is 4.79 Å². The third kappa shape index (κ3) is 2.30. The number of aryl methyl sites for hydroxylation is 2. The van der Waals surface area contributed by atoms with Crippen molar-refractivity contribution in [1.29, 1.82) is 0 Å². The van der Waals surface area contributed by atoms with Gasteiger partial charge in [0.2, 0.25) is 5.91 Å². The van der Waals surface area contributed by atoms with Crippen molar-refractivity contribution in [2.75, 3.05) is 6.54 Å². The minimum atomic E-state index is -0.333. The Kier molecular flexibility index (Phi) is 3.72. The van der Waals surface area contributed by atoms with Crippen molar-refractivity contribution in [1.82, 2.24) is 29.4 Å². The van der Waals surface area contributed by atoms with Gasteiger partial charge in [0.1, 0.15) is 18.7 Å². The average molecular weight is 302 g/mol. The summed E-state index contributed by atoms with van der Waals surface area (Å²) < 4.78 is 3.51. The maximum absolute atomic E-state index is 12.9. The monoisotopic (exact) mass is 302 g/mol. The number of carbonyl (C=O) groups is 1. The maximum Gasteiger partial charge on any atom is 0.247 e. The molecule has 1 aliphatic heterocycles. The predicted octanol–water partition coefficient (Wildman–Crippen LogP) is 1.55. The van der Waals surface area contributed by atoms with Crippen LogP contribution in [0.3, 0.4) is 0 Å². The largest absolute Gasteiger partial charge is 0.334 e. The van der Waals surface area contributed by atoms with Gasteiger partial charge in [-0.05, 0) is 33.6 Å². The standard InChI is InChI=1S/C15H22N6O/c1-10-14(11(2)19(4)18-10)13-6-5-7-20(13)15(22)12(3)21-9-16-8-17-21/h8-9,12-13H,5-7H2,1-4H3/t12-,13+/m0/s1. The van der Waals surface area contributed by atoms with Gasteiger partial charge in [0.15, 0.2) is 0 Å². The molecule has 0 unspecified atom stereocenters. The van der Waals surface area contributed by atoms with Crippen LogP contribution in [0, 0.1) is 13.8 Å². The van der Waals surface area contributed by atoms with E-state index in [2.05, 4.69) is 22.1 Å². The van der Waals surface area contributed by atoms with E-state index in [4.69, 9.17) is 0 Å². The molecule has 1 saturated heterocycles. The van der Waals surface area contributed by atoms with Crippen LogP contribution in [-0.4, -0.2) is 41.9 Å². The normalized spacial score (nSPS) is 19.6. The molecule has 0 N–H and O–H groups in total. The fourth-order valence-corrected chi connectivity index (χ4v) is 3.37. The smallest absolute Gasteiger partial charge is 0.247 e. The lowest BCUT2D eigenvalue weighted by atomic mass is 10.0. The number of hydrogen-bond acceptors (Lipinski definition) is 4. The molecule has 3 heterocycles. The zero-order valence-electron chi connectivity index (χ0n) is 13.5. The second kappa shape index (κ2) is 5.55. The number of aromatic nitrogens is 5. The van der Waals surface area contributed by atoms with Crippen LogP contribution in [0.15, 0.2) is 12.7 Å². The molecule has 2 atom stereocenters. The lowest BCUT2D eigenvalue weighted by Crippen LogP contribution is -2.36. The van der Waals surface area contributed by atoms with E-state index in [-0.39, 0.29) is 18.0 Å². The van der Waals surface area contributed by atoms with Crippen LogP contribution >= 0.6 is 0 Å². The summed E-state index contributed by atoms with van der Waals surface area (Å²) in [7, 11) is 1.95. The highest BCUT2D eigenvalue weighted by molar-refractivity contribution is 5.80. The molecule has 1 aliphatic rings. The Morgan fingerprint density at radius 2 is 2.18 bits per heavy atom. The van der Waals surface area contributed by atoms with Crippen LogP contribution in [-0.2, 0) is 11.8 Å². The van der Waals surface area contributed by atoms with Crippen molar-refractivity contribution in [3.63, 3.8) is 0 Å². The number of rotatable bonds is 3. The van der Waals surface area contributed by atoms with Crippen LogP contribution in [0.1, 0.15) is 48.8 Å². The number of amides is 1. The van der Waals surface area contributed by atoms with Crippen molar-refractivity contribution >= 4 is 5.91 Å². The van der Waals surface area contributed by atoms with Crippen LogP contribution in [0.4, 0.5) is 0 Å². The molecule has 1 amide bonds. The van der Waals surface area contributed by atoms with E-state index in [1.165, 1.54) is 11.9 Å². The Morgan fingerprint density at radius 3 is 2.77 bits per heavy atom. The Hall–Kier alpha value is -2.18. The fraction of sp³-hybridized carbons (Fsp3) is 0.600. The molecule has 118 valence electrons. The van der Waals surface area contributed by atoms with Crippen LogP contribution in [0.5, 0.6) is 0 Å². The summed E-state index contributed by atoms with van der Waals surface area (Å²) in [5.74, 6) is 0.0932. The summed E-state index contributed by atoms with van der Waals surface area (Å²) in [6.45, 7) is 6.74. The zero-order chi connectivity index (χ0) is 15.9. The first-order chi connectivity index (χ1) is 10.5. The van der Waals surface area contributed by atoms with Gasteiger partial charge in [0.05, 0.1) is 11.7 Å². The topological polar surface area (TPSA) is 68.8 Å². The lowest BCUT2D eigenvalue weighted by Gasteiger charge is -2.28. The van der Waals surface area contributed by atoms with Gasteiger partial charge in [0.25, 0.3) is 0 Å². The van der Waals surface area contributed by atoms with E-state index >= 15 is 0 Å². The molecule has 0 bridgehead atoms. The Labute approximate surface area is 129 Å².